The Morgan fingerprint density at radius 3 is 0.760 bits per heavy atom. The molecular formula is C101H144N12O16. The highest BCUT2D eigenvalue weighted by Gasteiger charge is 2.27. The molecule has 0 aliphatic heterocycles. The second-order valence-corrected chi connectivity index (χ2v) is 37.7. The Labute approximate surface area is 764 Å². The monoisotopic (exact) mass is 1780 g/mol. The topological polar surface area (TPSA) is 409 Å². The number of benzene rings is 7. The number of nitrogens with two attached hydrogens (primary N) is 1. The minimum absolute atomic E-state index is 0.00275. The van der Waals surface area contributed by atoms with Crippen LogP contribution in [0, 0.1) is 37.9 Å². The number of esters is 1. The van der Waals surface area contributed by atoms with Gasteiger partial charge in [-0.05, 0) is 145 Å². The van der Waals surface area contributed by atoms with E-state index in [1.165, 1.54) is 18.1 Å². The number of amides is 12. The first kappa shape index (κ1) is 114. The molecule has 0 aliphatic rings. The molecular weight excluding hydrogens is 1640 g/mol. The van der Waals surface area contributed by atoms with Gasteiger partial charge in [0.15, 0.2) is 0 Å². The summed E-state index contributed by atoms with van der Waals surface area (Å²) >= 11 is 0. The van der Waals surface area contributed by atoms with E-state index in [-0.39, 0.29) is 76.5 Å². The normalized spacial score (nSPS) is 11.0. The van der Waals surface area contributed by atoms with Gasteiger partial charge < -0.3 is 73.2 Å². The molecule has 0 aromatic heterocycles. The SMILES string of the molecule is CC(C)(C)C(=O)NCc1cccc(C(=O)O)c1.CC(C)(C)C(=O)NCc1cccc(C(N)=O)c1.CCN(CC)C(=O)c1cccc(CNC(=O)C(C)(C)C)c1.CCNC(=O)c1cccc(CNC(=O)C(C)(C)C)c1.CN(C)C(=O)c1cccc(CNC(=O)C(C)(C)C)c1.CNC(=O)c1cccc(CNC(=O)C(C)(C)C)c1.COC(=O)c1cccc(CNC(=O)C(C)(C)C)c1. The summed E-state index contributed by atoms with van der Waals surface area (Å²) in [6.07, 6.45) is 0. The third kappa shape index (κ3) is 44.9. The zero-order valence-electron chi connectivity index (χ0n) is 81.3. The number of methoxy groups -OCH3 is 1. The molecule has 0 unspecified atom stereocenters. The van der Waals surface area contributed by atoms with E-state index >= 15 is 0 Å². The Morgan fingerprint density at radius 1 is 0.310 bits per heavy atom. The molecule has 12 N–H and O–H groups in total. The van der Waals surface area contributed by atoms with Crippen molar-refractivity contribution in [2.45, 2.75) is 212 Å². The molecule has 0 saturated heterocycles. The summed E-state index contributed by atoms with van der Waals surface area (Å²) in [5.74, 6) is -2.14. The van der Waals surface area contributed by atoms with Gasteiger partial charge in [-0.15, -0.1) is 0 Å². The predicted molar refractivity (Wildman–Crippen MR) is 508 cm³/mol. The molecule has 0 heterocycles. The van der Waals surface area contributed by atoms with E-state index in [1.54, 1.807) is 111 Å². The van der Waals surface area contributed by atoms with Crippen LogP contribution in [0.5, 0.6) is 0 Å². The molecule has 0 fully saturated rings. The van der Waals surface area contributed by atoms with Gasteiger partial charge in [0.25, 0.3) is 23.6 Å². The summed E-state index contributed by atoms with van der Waals surface area (Å²) in [4.78, 5) is 166. The van der Waals surface area contributed by atoms with Gasteiger partial charge in [0.2, 0.25) is 47.3 Å². The van der Waals surface area contributed by atoms with Gasteiger partial charge in [-0.2, -0.15) is 0 Å². The van der Waals surface area contributed by atoms with E-state index in [2.05, 4.69) is 52.6 Å². The fourth-order valence-electron chi connectivity index (χ4n) is 10.3. The van der Waals surface area contributed by atoms with Crippen molar-refractivity contribution in [3.63, 3.8) is 0 Å². The van der Waals surface area contributed by atoms with Crippen LogP contribution in [0.2, 0.25) is 0 Å². The summed E-state index contributed by atoms with van der Waals surface area (Å²) in [6.45, 7) is 49.7. The van der Waals surface area contributed by atoms with E-state index in [1.807, 2.05) is 245 Å². The van der Waals surface area contributed by atoms with Crippen molar-refractivity contribution >= 4 is 82.8 Å². The van der Waals surface area contributed by atoms with Gasteiger partial charge in [-0.3, -0.25) is 57.5 Å². The van der Waals surface area contributed by atoms with Crippen molar-refractivity contribution < 1.29 is 77.0 Å². The Morgan fingerprint density at radius 2 is 0.527 bits per heavy atom. The number of aromatic carboxylic acids is 1. The molecule has 0 aliphatic carbocycles. The first-order valence-corrected chi connectivity index (χ1v) is 42.9. The maximum atomic E-state index is 12.3. The highest BCUT2D eigenvalue weighted by Crippen LogP contribution is 2.21. The highest BCUT2D eigenvalue weighted by molar-refractivity contribution is 5.97. The smallest absolute Gasteiger partial charge is 0.337 e. The molecule has 12 amide bonds. The third-order valence-corrected chi connectivity index (χ3v) is 18.4. The van der Waals surface area contributed by atoms with Crippen LogP contribution < -0.4 is 53.6 Å². The minimum atomic E-state index is -0.964. The van der Waals surface area contributed by atoms with Crippen molar-refractivity contribution in [2.24, 2.45) is 43.6 Å². The van der Waals surface area contributed by atoms with E-state index < -0.39 is 49.8 Å². The molecule has 28 heteroatoms. The van der Waals surface area contributed by atoms with Crippen LogP contribution in [0.25, 0.3) is 0 Å². The summed E-state index contributed by atoms with van der Waals surface area (Å²) in [7, 11) is 6.37. The van der Waals surface area contributed by atoms with Gasteiger partial charge in [0.05, 0.1) is 18.2 Å². The summed E-state index contributed by atoms with van der Waals surface area (Å²) < 4.78 is 4.64. The third-order valence-electron chi connectivity index (χ3n) is 18.4. The number of hydrogen-bond donors (Lipinski definition) is 11. The number of carbonyl (C=O) groups is 14. The number of nitrogens with zero attached hydrogens (tertiary/aromatic N) is 2. The van der Waals surface area contributed by atoms with Crippen LogP contribution in [0.15, 0.2) is 170 Å². The van der Waals surface area contributed by atoms with Crippen LogP contribution in [0.1, 0.15) is 278 Å². The minimum Gasteiger partial charge on any atom is -0.478 e. The van der Waals surface area contributed by atoms with E-state index in [0.29, 0.717) is 98.8 Å². The van der Waals surface area contributed by atoms with Gasteiger partial charge in [-0.1, -0.05) is 230 Å². The van der Waals surface area contributed by atoms with Crippen LogP contribution in [0.3, 0.4) is 0 Å². The van der Waals surface area contributed by atoms with E-state index in [4.69, 9.17) is 10.8 Å². The molecule has 0 radical (unpaired) electrons. The quantitative estimate of drug-likeness (QED) is 0.0250. The lowest BCUT2D eigenvalue weighted by Crippen LogP contribution is -2.34. The Balaban J connectivity index is 0.000000753. The Kier molecular flexibility index (Phi) is 47.5. The van der Waals surface area contributed by atoms with Gasteiger partial charge in [0, 0.05) is 152 Å². The first-order valence-electron chi connectivity index (χ1n) is 42.9. The van der Waals surface area contributed by atoms with Crippen molar-refractivity contribution in [2.75, 3.05) is 47.9 Å². The largest absolute Gasteiger partial charge is 0.478 e. The number of carbonyl (C=O) groups excluding carboxylic acids is 13. The molecule has 704 valence electrons. The zero-order chi connectivity index (χ0) is 98.8. The zero-order valence-corrected chi connectivity index (χ0v) is 81.3. The molecule has 0 spiro atoms. The standard InChI is InChI=1S/C17H26N2O2.2C15H22N2O2.C14H20N2O2.C14H19NO3.C13H18N2O2.C13H17NO3/c1-6-19(7-2)15(20)14-10-8-9-13(11-14)12-18-16(21)17(3,4)5;1-15(2,3)14(19)16-10-11-7-6-8-12(9-11)13(18)17(4)5;1-5-16-13(18)12-8-6-7-11(9-12)10-17-14(19)15(2,3)4;1-14(2,3)13(18)16-9-10-6-5-7-11(8-10)12(17)15-4;1-14(2,3)13(17)15-9-10-6-5-7-11(8-10)12(16)18-4;1-13(2,3)12(17)15-8-9-5-4-6-10(7-9)11(14)16;1-13(2,3)12(17)14-8-9-5-4-6-10(7-9)11(15)16/h8-11H,6-7,12H2,1-5H3,(H,18,21);6-9H,10H2,1-5H3,(H,16,19);6-9H,5,10H2,1-4H3,(H,16,18)(H,17,19);5-8H,9H2,1-4H3,(H,15,17)(H,16,18);5-8H,9H2,1-4H3,(H,15,17);4-7H,8H2,1-3H3,(H2,14,16)(H,15,17);4-7H,8H2,1-3H3,(H,14,17)(H,15,16). The Hall–Kier alpha value is -12.9. The first-order chi connectivity index (χ1) is 59.6. The summed E-state index contributed by atoms with van der Waals surface area (Å²) in [5, 5.41) is 34.1. The molecule has 0 saturated carbocycles. The van der Waals surface area contributed by atoms with E-state index in [0.717, 1.165) is 38.9 Å². The maximum absolute atomic E-state index is 12.3. The second-order valence-electron chi connectivity index (χ2n) is 37.7. The lowest BCUT2D eigenvalue weighted by atomic mass is 9.95. The molecule has 0 atom stereocenters. The van der Waals surface area contributed by atoms with Gasteiger partial charge in [-0.25, -0.2) is 9.59 Å². The van der Waals surface area contributed by atoms with Gasteiger partial charge >= 0.3 is 11.9 Å². The van der Waals surface area contributed by atoms with E-state index in [9.17, 15) is 67.1 Å². The molecule has 28 nitrogen and oxygen atoms in total. The molecule has 129 heavy (non-hydrogen) atoms. The van der Waals surface area contributed by atoms with Crippen LogP contribution in [-0.2, 0) is 84.1 Å². The number of rotatable bonds is 24. The lowest BCUT2D eigenvalue weighted by molar-refractivity contribution is -0.129. The van der Waals surface area contributed by atoms with Crippen LogP contribution >= 0.6 is 0 Å². The van der Waals surface area contributed by atoms with Crippen molar-refractivity contribution in [3.8, 4) is 0 Å². The fraction of sp³-hybridized carbons (Fsp3) is 0.446. The van der Waals surface area contributed by atoms with Crippen molar-refractivity contribution in [3.05, 3.63) is 248 Å². The molecule has 0 bridgehead atoms. The molecule has 7 rings (SSSR count). The summed E-state index contributed by atoms with van der Waals surface area (Å²) in [6, 6.07) is 49.7. The molecule has 7 aromatic carbocycles. The van der Waals surface area contributed by atoms with Gasteiger partial charge in [0.1, 0.15) is 0 Å². The average molecular weight is 1780 g/mol. The predicted octanol–water partition coefficient (Wildman–Crippen LogP) is 14.3. The number of carboxylic acid groups (broad SMARTS) is 1. The summed E-state index contributed by atoms with van der Waals surface area (Å²) in [5.41, 5.74) is 12.2. The Bertz CT molecular complexity index is 4730. The average Bonchev–Trinajstić information content (AvgIpc) is 0.864. The second kappa shape index (κ2) is 53.7. The number of carboxylic acids is 1. The maximum Gasteiger partial charge on any atom is 0.337 e. The fourth-order valence-corrected chi connectivity index (χ4v) is 10.3. The number of primary amides is 1. The highest BCUT2D eigenvalue weighted by atomic mass is 16.5. The molecule has 7 aromatic rings. The number of hydrogen-bond acceptors (Lipinski definition) is 15. The van der Waals surface area contributed by atoms with Crippen molar-refractivity contribution in [1.29, 1.82) is 0 Å². The van der Waals surface area contributed by atoms with Crippen LogP contribution in [0.4, 0.5) is 0 Å². The lowest BCUT2D eigenvalue weighted by Gasteiger charge is -2.20. The number of nitrogens with one attached hydrogen (secondary N) is 9. The van der Waals surface area contributed by atoms with Crippen LogP contribution in [-0.4, -0.2) is 146 Å². The number of ether oxygens (including phenoxy) is 1. The van der Waals surface area contributed by atoms with Crippen molar-refractivity contribution in [1.82, 2.24) is 57.7 Å².